The fraction of sp³-hybridized carbons (Fsp3) is 0.235. The molecule has 0 aliphatic heterocycles. The van der Waals surface area contributed by atoms with Crippen LogP contribution in [0.2, 0.25) is 0 Å². The van der Waals surface area contributed by atoms with Crippen LogP contribution in [0.1, 0.15) is 30.4 Å². The van der Waals surface area contributed by atoms with E-state index >= 15 is 0 Å². The summed E-state index contributed by atoms with van der Waals surface area (Å²) in [7, 11) is 0. The topological polar surface area (TPSA) is 26.3 Å². The molecule has 2 aromatic carbocycles. The summed E-state index contributed by atoms with van der Waals surface area (Å²) < 4.78 is 5.46. The van der Waals surface area contributed by atoms with E-state index in [9.17, 15) is 4.79 Å². The van der Waals surface area contributed by atoms with Gasteiger partial charge in [-0.25, -0.2) is 0 Å². The van der Waals surface area contributed by atoms with Crippen molar-refractivity contribution >= 4 is 5.97 Å². The second kappa shape index (κ2) is 6.19. The number of rotatable bonds is 4. The molecule has 0 bridgehead atoms. The summed E-state index contributed by atoms with van der Waals surface area (Å²) in [5, 5.41) is 0. The van der Waals surface area contributed by atoms with Crippen molar-refractivity contribution in [3.63, 3.8) is 0 Å². The van der Waals surface area contributed by atoms with Crippen molar-refractivity contribution in [2.24, 2.45) is 0 Å². The summed E-state index contributed by atoms with van der Waals surface area (Å²) in [6, 6.07) is 17.3. The Hall–Kier alpha value is -2.09. The molecule has 0 aromatic heterocycles. The normalized spacial score (nSPS) is 11.9. The van der Waals surface area contributed by atoms with Gasteiger partial charge in [0.25, 0.3) is 0 Å². The standard InChI is InChI=1S/C17H18O2/c1-3-16(14-9-5-4-6-10-14)17(18)19-15-11-7-8-13(2)12-15/h4-12,16H,3H2,1-2H3. The van der Waals surface area contributed by atoms with Gasteiger partial charge in [-0.1, -0.05) is 49.4 Å². The number of aryl methyl sites for hydroxylation is 1. The van der Waals surface area contributed by atoms with Crippen LogP contribution in [0.5, 0.6) is 5.75 Å². The van der Waals surface area contributed by atoms with Gasteiger partial charge in [-0.2, -0.15) is 0 Å². The Kier molecular flexibility index (Phi) is 4.35. The molecular weight excluding hydrogens is 236 g/mol. The fourth-order valence-electron chi connectivity index (χ4n) is 2.09. The van der Waals surface area contributed by atoms with E-state index in [1.165, 1.54) is 0 Å². The molecule has 0 heterocycles. The van der Waals surface area contributed by atoms with Gasteiger partial charge in [0, 0.05) is 0 Å². The average Bonchev–Trinajstić information content (AvgIpc) is 2.41. The van der Waals surface area contributed by atoms with E-state index in [0.717, 1.165) is 17.5 Å². The molecule has 2 rings (SSSR count). The van der Waals surface area contributed by atoms with Gasteiger partial charge >= 0.3 is 5.97 Å². The molecule has 0 N–H and O–H groups in total. The molecule has 1 unspecified atom stereocenters. The molecule has 2 aromatic rings. The largest absolute Gasteiger partial charge is 0.426 e. The van der Waals surface area contributed by atoms with Crippen molar-refractivity contribution in [3.05, 3.63) is 65.7 Å². The lowest BCUT2D eigenvalue weighted by molar-refractivity contribution is -0.136. The molecular formula is C17H18O2. The van der Waals surface area contributed by atoms with E-state index in [4.69, 9.17) is 4.74 Å². The highest BCUT2D eigenvalue weighted by atomic mass is 16.5. The van der Waals surface area contributed by atoms with Gasteiger partial charge in [-0.05, 0) is 36.6 Å². The highest BCUT2D eigenvalue weighted by molar-refractivity contribution is 5.80. The van der Waals surface area contributed by atoms with Crippen LogP contribution in [0.4, 0.5) is 0 Å². The summed E-state index contributed by atoms with van der Waals surface area (Å²) in [5.74, 6) is 0.209. The van der Waals surface area contributed by atoms with Gasteiger partial charge in [-0.15, -0.1) is 0 Å². The lowest BCUT2D eigenvalue weighted by Gasteiger charge is -2.14. The first kappa shape index (κ1) is 13.3. The molecule has 0 saturated carbocycles. The maximum Gasteiger partial charge on any atom is 0.318 e. The molecule has 0 aliphatic rings. The number of ether oxygens (including phenoxy) is 1. The predicted octanol–water partition coefficient (Wildman–Crippen LogP) is 4.09. The van der Waals surface area contributed by atoms with Crippen molar-refractivity contribution in [1.82, 2.24) is 0 Å². The summed E-state index contributed by atoms with van der Waals surface area (Å²) >= 11 is 0. The lowest BCUT2D eigenvalue weighted by Crippen LogP contribution is -2.18. The molecule has 19 heavy (non-hydrogen) atoms. The molecule has 0 aliphatic carbocycles. The Labute approximate surface area is 114 Å². The third-order valence-electron chi connectivity index (χ3n) is 3.10. The van der Waals surface area contributed by atoms with Crippen LogP contribution < -0.4 is 4.74 Å². The third-order valence-corrected chi connectivity index (χ3v) is 3.10. The first-order valence-corrected chi connectivity index (χ1v) is 6.54. The monoisotopic (exact) mass is 254 g/mol. The summed E-state index contributed by atoms with van der Waals surface area (Å²) in [4.78, 5) is 12.2. The van der Waals surface area contributed by atoms with Crippen molar-refractivity contribution in [3.8, 4) is 5.75 Å². The van der Waals surface area contributed by atoms with Crippen LogP contribution in [-0.4, -0.2) is 5.97 Å². The molecule has 1 atom stereocenters. The van der Waals surface area contributed by atoms with Gasteiger partial charge in [-0.3, -0.25) is 4.79 Å². The maximum absolute atomic E-state index is 12.2. The molecule has 0 saturated heterocycles. The van der Waals surface area contributed by atoms with Crippen LogP contribution >= 0.6 is 0 Å². The average molecular weight is 254 g/mol. The predicted molar refractivity (Wildman–Crippen MR) is 76.3 cm³/mol. The van der Waals surface area contributed by atoms with Crippen molar-refractivity contribution < 1.29 is 9.53 Å². The molecule has 2 heteroatoms. The minimum atomic E-state index is -0.207. The van der Waals surface area contributed by atoms with Crippen LogP contribution in [0.25, 0.3) is 0 Å². The minimum Gasteiger partial charge on any atom is -0.426 e. The van der Waals surface area contributed by atoms with E-state index in [0.29, 0.717) is 5.75 Å². The second-order valence-corrected chi connectivity index (χ2v) is 4.61. The quantitative estimate of drug-likeness (QED) is 0.606. The highest BCUT2D eigenvalue weighted by Gasteiger charge is 2.20. The summed E-state index contributed by atoms with van der Waals surface area (Å²) in [6.07, 6.45) is 0.731. The number of benzene rings is 2. The number of carbonyl (C=O) groups excluding carboxylic acids is 1. The highest BCUT2D eigenvalue weighted by Crippen LogP contribution is 2.23. The number of esters is 1. The first-order valence-electron chi connectivity index (χ1n) is 6.54. The minimum absolute atomic E-state index is 0.195. The van der Waals surface area contributed by atoms with Gasteiger partial charge in [0.05, 0.1) is 5.92 Å². The molecule has 0 fully saturated rings. The van der Waals surface area contributed by atoms with Gasteiger partial charge < -0.3 is 4.74 Å². The molecule has 98 valence electrons. The zero-order chi connectivity index (χ0) is 13.7. The molecule has 0 spiro atoms. The van der Waals surface area contributed by atoms with Gasteiger partial charge in [0.15, 0.2) is 0 Å². The second-order valence-electron chi connectivity index (χ2n) is 4.61. The van der Waals surface area contributed by atoms with E-state index in [-0.39, 0.29) is 11.9 Å². The summed E-state index contributed by atoms with van der Waals surface area (Å²) in [5.41, 5.74) is 2.08. The Morgan fingerprint density at radius 1 is 1.11 bits per heavy atom. The Morgan fingerprint density at radius 2 is 1.84 bits per heavy atom. The van der Waals surface area contributed by atoms with E-state index in [1.54, 1.807) is 0 Å². The zero-order valence-electron chi connectivity index (χ0n) is 11.3. The number of carbonyl (C=O) groups is 1. The van der Waals surface area contributed by atoms with E-state index in [1.807, 2.05) is 68.4 Å². The van der Waals surface area contributed by atoms with Gasteiger partial charge in [0.2, 0.25) is 0 Å². The molecule has 2 nitrogen and oxygen atoms in total. The van der Waals surface area contributed by atoms with Crippen LogP contribution in [0, 0.1) is 6.92 Å². The first-order chi connectivity index (χ1) is 9.20. The zero-order valence-corrected chi connectivity index (χ0v) is 11.3. The maximum atomic E-state index is 12.2. The van der Waals surface area contributed by atoms with E-state index < -0.39 is 0 Å². The summed E-state index contributed by atoms with van der Waals surface area (Å²) in [6.45, 7) is 3.97. The number of hydrogen-bond acceptors (Lipinski definition) is 2. The van der Waals surface area contributed by atoms with E-state index in [2.05, 4.69) is 0 Å². The van der Waals surface area contributed by atoms with Crippen LogP contribution in [0.3, 0.4) is 0 Å². The Morgan fingerprint density at radius 3 is 2.47 bits per heavy atom. The van der Waals surface area contributed by atoms with Crippen LogP contribution in [0.15, 0.2) is 54.6 Å². The molecule has 0 radical (unpaired) electrons. The van der Waals surface area contributed by atoms with Crippen molar-refractivity contribution in [2.45, 2.75) is 26.2 Å². The van der Waals surface area contributed by atoms with Gasteiger partial charge in [0.1, 0.15) is 5.75 Å². The SMILES string of the molecule is CCC(C(=O)Oc1cccc(C)c1)c1ccccc1. The van der Waals surface area contributed by atoms with Crippen molar-refractivity contribution in [1.29, 1.82) is 0 Å². The number of hydrogen-bond donors (Lipinski definition) is 0. The Bertz CT molecular complexity index is 546. The third kappa shape index (κ3) is 3.44. The smallest absolute Gasteiger partial charge is 0.318 e. The molecule has 0 amide bonds. The van der Waals surface area contributed by atoms with Crippen LogP contribution in [-0.2, 0) is 4.79 Å². The van der Waals surface area contributed by atoms with Crippen molar-refractivity contribution in [2.75, 3.05) is 0 Å². The lowest BCUT2D eigenvalue weighted by atomic mass is 9.97. The Balaban J connectivity index is 2.14. The fourth-order valence-corrected chi connectivity index (χ4v) is 2.09.